The van der Waals surface area contributed by atoms with Gasteiger partial charge in [-0.1, -0.05) is 18.2 Å². The Morgan fingerprint density at radius 2 is 2.08 bits per heavy atom. The van der Waals surface area contributed by atoms with Crippen molar-refractivity contribution in [3.8, 4) is 5.75 Å². The van der Waals surface area contributed by atoms with Crippen LogP contribution in [0.2, 0.25) is 0 Å². The minimum Gasteiger partial charge on any atom is -0.497 e. The van der Waals surface area contributed by atoms with Gasteiger partial charge in [-0.3, -0.25) is 9.98 Å². The average molecular weight is 352 g/mol. The van der Waals surface area contributed by atoms with E-state index >= 15 is 0 Å². The molecule has 1 aromatic carbocycles. The molecule has 0 aliphatic carbocycles. The molecule has 26 heavy (non-hydrogen) atoms. The van der Waals surface area contributed by atoms with Gasteiger partial charge in [-0.25, -0.2) is 0 Å². The van der Waals surface area contributed by atoms with E-state index in [1.807, 2.05) is 32.3 Å². The third kappa shape index (κ3) is 4.54. The number of ether oxygens (including phenoxy) is 1. The summed E-state index contributed by atoms with van der Waals surface area (Å²) in [6.07, 6.45) is 4.05. The highest BCUT2D eigenvalue weighted by atomic mass is 16.5. The minimum atomic E-state index is 0.542. The first-order valence-electron chi connectivity index (χ1n) is 9.20. The monoisotopic (exact) mass is 352 g/mol. The average Bonchev–Trinajstić information content (AvgIpc) is 3.17. The number of likely N-dealkylation sites (tertiary alicyclic amines) is 1. The Morgan fingerprint density at radius 3 is 2.73 bits per heavy atom. The van der Waals surface area contributed by atoms with Crippen LogP contribution in [0, 0.1) is 6.92 Å². The largest absolute Gasteiger partial charge is 0.497 e. The van der Waals surface area contributed by atoms with Crippen LogP contribution in [0.5, 0.6) is 5.75 Å². The van der Waals surface area contributed by atoms with Crippen LogP contribution in [-0.4, -0.2) is 49.6 Å². The molecule has 1 N–H and O–H groups in total. The van der Waals surface area contributed by atoms with Crippen LogP contribution < -0.4 is 10.1 Å². The van der Waals surface area contributed by atoms with Crippen LogP contribution in [-0.2, 0) is 6.42 Å². The maximum atomic E-state index is 5.25. The summed E-state index contributed by atoms with van der Waals surface area (Å²) in [6.45, 7) is 4.90. The van der Waals surface area contributed by atoms with E-state index in [0.29, 0.717) is 5.92 Å². The summed E-state index contributed by atoms with van der Waals surface area (Å²) in [5.74, 6) is 2.44. The van der Waals surface area contributed by atoms with E-state index in [2.05, 4.69) is 44.5 Å². The second kappa shape index (κ2) is 8.70. The van der Waals surface area contributed by atoms with E-state index in [-0.39, 0.29) is 0 Å². The number of nitrogens with one attached hydrogen (secondary N) is 1. The fourth-order valence-corrected chi connectivity index (χ4v) is 3.40. The van der Waals surface area contributed by atoms with Crippen LogP contribution in [0.15, 0.2) is 47.6 Å². The van der Waals surface area contributed by atoms with Crippen LogP contribution in [0.3, 0.4) is 0 Å². The highest BCUT2D eigenvalue weighted by molar-refractivity contribution is 5.80. The fraction of sp³-hybridized carbons (Fsp3) is 0.429. The maximum absolute atomic E-state index is 5.25. The Kier molecular flexibility index (Phi) is 6.10. The summed E-state index contributed by atoms with van der Waals surface area (Å²) in [5, 5.41) is 3.49. The van der Waals surface area contributed by atoms with Gasteiger partial charge in [-0.2, -0.15) is 0 Å². The summed E-state index contributed by atoms with van der Waals surface area (Å²) >= 11 is 0. The molecule has 2 heterocycles. The van der Waals surface area contributed by atoms with Crippen molar-refractivity contribution in [3.63, 3.8) is 0 Å². The number of nitrogens with zero attached hydrogens (tertiary/aromatic N) is 3. The topological polar surface area (TPSA) is 49.8 Å². The lowest BCUT2D eigenvalue weighted by Crippen LogP contribution is -2.40. The number of guanidine groups is 1. The number of benzene rings is 1. The summed E-state index contributed by atoms with van der Waals surface area (Å²) in [4.78, 5) is 11.2. The molecule has 3 rings (SSSR count). The van der Waals surface area contributed by atoms with E-state index in [0.717, 1.165) is 49.9 Å². The Balaban J connectivity index is 1.51. The zero-order valence-electron chi connectivity index (χ0n) is 15.9. The predicted octanol–water partition coefficient (Wildman–Crippen LogP) is 3.01. The molecular weight excluding hydrogens is 324 g/mol. The molecule has 1 atom stereocenters. The Hall–Kier alpha value is -2.56. The molecule has 1 saturated heterocycles. The molecule has 2 aromatic rings. The third-order valence-corrected chi connectivity index (χ3v) is 4.96. The second-order valence-corrected chi connectivity index (χ2v) is 6.74. The van der Waals surface area contributed by atoms with Gasteiger partial charge in [0, 0.05) is 44.5 Å². The number of methoxy groups -OCH3 is 1. The number of pyridine rings is 1. The molecule has 0 radical (unpaired) electrons. The van der Waals surface area contributed by atoms with Crippen LogP contribution >= 0.6 is 0 Å². The van der Waals surface area contributed by atoms with E-state index in [1.165, 1.54) is 11.1 Å². The summed E-state index contributed by atoms with van der Waals surface area (Å²) in [5.41, 5.74) is 3.67. The van der Waals surface area contributed by atoms with Gasteiger partial charge < -0.3 is 15.0 Å². The molecule has 138 valence electrons. The molecule has 5 heteroatoms. The summed E-state index contributed by atoms with van der Waals surface area (Å²) in [6, 6.07) is 12.6. The smallest absolute Gasteiger partial charge is 0.193 e. The lowest BCUT2D eigenvalue weighted by molar-refractivity contribution is 0.414. The number of rotatable bonds is 5. The molecule has 1 aromatic heterocycles. The first kappa shape index (κ1) is 18.2. The second-order valence-electron chi connectivity index (χ2n) is 6.74. The van der Waals surface area contributed by atoms with E-state index in [4.69, 9.17) is 4.74 Å². The van der Waals surface area contributed by atoms with Crippen molar-refractivity contribution in [1.29, 1.82) is 0 Å². The number of aliphatic imine (C=N–C) groups is 1. The normalized spacial score (nSPS) is 17.4. The molecule has 1 fully saturated rings. The third-order valence-electron chi connectivity index (χ3n) is 4.96. The number of hydrogen-bond donors (Lipinski definition) is 1. The van der Waals surface area contributed by atoms with Crippen molar-refractivity contribution < 1.29 is 4.74 Å². The van der Waals surface area contributed by atoms with Crippen molar-refractivity contribution in [1.82, 2.24) is 15.2 Å². The standard InChI is InChI=1S/C21H28N4O/c1-16-4-5-17(14-24-16)10-12-23-21(22-2)25-13-11-19(15-25)18-6-8-20(26-3)9-7-18/h4-9,14,19H,10-13,15H2,1-3H3,(H,22,23). The Labute approximate surface area is 156 Å². The molecule has 0 amide bonds. The van der Waals surface area contributed by atoms with Crippen molar-refractivity contribution in [2.45, 2.75) is 25.7 Å². The molecule has 5 nitrogen and oxygen atoms in total. The highest BCUT2D eigenvalue weighted by Crippen LogP contribution is 2.28. The molecule has 0 saturated carbocycles. The van der Waals surface area contributed by atoms with E-state index in [1.54, 1.807) is 7.11 Å². The molecule has 1 unspecified atom stereocenters. The molecule has 1 aliphatic rings. The summed E-state index contributed by atoms with van der Waals surface area (Å²) in [7, 11) is 3.56. The fourth-order valence-electron chi connectivity index (χ4n) is 3.40. The molecular formula is C21H28N4O. The quantitative estimate of drug-likeness (QED) is 0.664. The van der Waals surface area contributed by atoms with Crippen LogP contribution in [0.1, 0.15) is 29.2 Å². The highest BCUT2D eigenvalue weighted by Gasteiger charge is 2.25. The number of hydrogen-bond acceptors (Lipinski definition) is 3. The molecule has 0 spiro atoms. The lowest BCUT2D eigenvalue weighted by Gasteiger charge is -2.22. The van der Waals surface area contributed by atoms with Gasteiger partial charge in [-0.15, -0.1) is 0 Å². The number of aryl methyl sites for hydroxylation is 1. The van der Waals surface area contributed by atoms with Gasteiger partial charge in [0.15, 0.2) is 5.96 Å². The SMILES string of the molecule is CN=C(NCCc1ccc(C)nc1)N1CCC(c2ccc(OC)cc2)C1. The van der Waals surface area contributed by atoms with Crippen molar-refractivity contribution in [2.24, 2.45) is 4.99 Å². The summed E-state index contributed by atoms with van der Waals surface area (Å²) < 4.78 is 5.25. The van der Waals surface area contributed by atoms with Crippen molar-refractivity contribution in [2.75, 3.05) is 33.8 Å². The van der Waals surface area contributed by atoms with Crippen molar-refractivity contribution >= 4 is 5.96 Å². The maximum Gasteiger partial charge on any atom is 0.193 e. The molecule has 1 aliphatic heterocycles. The Bertz CT molecular complexity index is 725. The van der Waals surface area contributed by atoms with Gasteiger partial charge in [0.05, 0.1) is 7.11 Å². The van der Waals surface area contributed by atoms with Gasteiger partial charge in [0.25, 0.3) is 0 Å². The van der Waals surface area contributed by atoms with Gasteiger partial charge in [0.2, 0.25) is 0 Å². The lowest BCUT2D eigenvalue weighted by atomic mass is 9.98. The number of aromatic nitrogens is 1. The van der Waals surface area contributed by atoms with E-state index in [9.17, 15) is 0 Å². The van der Waals surface area contributed by atoms with Gasteiger partial charge >= 0.3 is 0 Å². The first-order chi connectivity index (χ1) is 12.7. The first-order valence-corrected chi connectivity index (χ1v) is 9.20. The van der Waals surface area contributed by atoms with Gasteiger partial charge in [-0.05, 0) is 49.1 Å². The Morgan fingerprint density at radius 1 is 1.27 bits per heavy atom. The molecule has 0 bridgehead atoms. The zero-order chi connectivity index (χ0) is 18.4. The van der Waals surface area contributed by atoms with Gasteiger partial charge in [0.1, 0.15) is 5.75 Å². The van der Waals surface area contributed by atoms with Crippen molar-refractivity contribution in [3.05, 3.63) is 59.4 Å². The van der Waals surface area contributed by atoms with Crippen LogP contribution in [0.25, 0.3) is 0 Å². The predicted molar refractivity (Wildman–Crippen MR) is 106 cm³/mol. The minimum absolute atomic E-state index is 0.542. The van der Waals surface area contributed by atoms with Crippen LogP contribution in [0.4, 0.5) is 0 Å². The van der Waals surface area contributed by atoms with E-state index < -0.39 is 0 Å². The zero-order valence-corrected chi connectivity index (χ0v) is 15.9.